The van der Waals surface area contributed by atoms with Crippen molar-refractivity contribution in [2.45, 2.75) is 0 Å². The normalized spacial score (nSPS) is 6.60. The van der Waals surface area contributed by atoms with E-state index >= 15 is 0 Å². The molecular formula is ClN2O2. The zero-order valence-electron chi connectivity index (χ0n) is 2.09. The number of nitrogens with zero attached hydrogens (tertiary/aromatic N) is 2. The van der Waals surface area contributed by atoms with Crippen molar-refractivity contribution in [2.24, 2.45) is 0 Å². The van der Waals surface area contributed by atoms with Crippen molar-refractivity contribution in [3.05, 3.63) is 10.1 Å². The number of nitro groups is 1. The first-order valence-corrected chi connectivity index (χ1v) is 1.07. The van der Waals surface area contributed by atoms with Crippen LogP contribution >= 0.6 is 11.8 Å². The highest BCUT2D eigenvalue weighted by atomic mass is 35.5. The molecule has 29 valence electrons. The van der Waals surface area contributed by atoms with Gasteiger partial charge in [-0.1, -0.05) is 0 Å². The van der Waals surface area contributed by atoms with Crippen molar-refractivity contribution >= 4 is 11.8 Å². The zero-order valence-corrected chi connectivity index (χ0v) is 2.84. The molecule has 5 heteroatoms. The molecule has 4 nitrogen and oxygen atoms in total. The first-order chi connectivity index (χ1) is 2.27. The third kappa shape index (κ3) is 3.49. The smallest absolute Gasteiger partial charge is 0.204 e. The molecule has 5 heavy (non-hydrogen) atoms. The number of halogens is 1. The highest BCUT2D eigenvalue weighted by Gasteiger charge is 1.84. The highest BCUT2D eigenvalue weighted by Crippen LogP contribution is 1.61. The molecule has 0 atom stereocenters. The van der Waals surface area contributed by atoms with E-state index in [0.29, 0.717) is 0 Å². The molecule has 0 aromatic rings. The molecule has 0 saturated heterocycles. The van der Waals surface area contributed by atoms with Gasteiger partial charge in [0.2, 0.25) is 5.03 Å². The van der Waals surface area contributed by atoms with Crippen LogP contribution in [0.25, 0.3) is 0 Å². The van der Waals surface area contributed by atoms with Crippen LogP contribution in [0, 0.1) is 10.1 Å². The molecule has 0 saturated carbocycles. The van der Waals surface area contributed by atoms with Gasteiger partial charge in [0.05, 0.1) is 0 Å². The maximum absolute atomic E-state index is 8.88. The Morgan fingerprint density at radius 1 is 2.00 bits per heavy atom. The van der Waals surface area contributed by atoms with Crippen LogP contribution in [0.1, 0.15) is 0 Å². The lowest BCUT2D eigenvalue weighted by Crippen LogP contribution is -1.98. The fourth-order valence-electron chi connectivity index (χ4n) is 0. The van der Waals surface area contributed by atoms with E-state index in [-0.39, 0.29) is 0 Å². The van der Waals surface area contributed by atoms with Crippen molar-refractivity contribution in [3.63, 3.8) is 0 Å². The van der Waals surface area contributed by atoms with Gasteiger partial charge in [-0.25, -0.2) is 10.1 Å². The standard InChI is InChI=1S/ClN2O2/c1-2-3(4)5. The lowest BCUT2D eigenvalue weighted by Gasteiger charge is -1.66. The Morgan fingerprint density at radius 3 is 2.20 bits per heavy atom. The molecule has 0 bridgehead atoms. The second-order valence-corrected chi connectivity index (χ2v) is 0.465. The third-order valence-corrected chi connectivity index (χ3v) is 0.185. The average Bonchev–Trinajstić information content (AvgIpc) is 1.38. The van der Waals surface area contributed by atoms with Gasteiger partial charge >= 0.3 is 0 Å². The van der Waals surface area contributed by atoms with E-state index in [1.807, 2.05) is 0 Å². The lowest BCUT2D eigenvalue weighted by atomic mass is 12.7. The highest BCUT2D eigenvalue weighted by molar-refractivity contribution is 6.12. The first-order valence-electron chi connectivity index (χ1n) is 0.734. The summed E-state index contributed by atoms with van der Waals surface area (Å²) < 4.78 is 0. The van der Waals surface area contributed by atoms with E-state index in [1.54, 1.807) is 0 Å². The third-order valence-electron chi connectivity index (χ3n) is 0.0617. The van der Waals surface area contributed by atoms with Crippen LogP contribution in [0.2, 0.25) is 0 Å². The van der Waals surface area contributed by atoms with Gasteiger partial charge in [-0.2, -0.15) is 0 Å². The van der Waals surface area contributed by atoms with Gasteiger partial charge < -0.3 is 0 Å². The summed E-state index contributed by atoms with van der Waals surface area (Å²) in [7, 11) is 0. The SMILES string of the molecule is O=[N+]([O-])[N]Cl. The van der Waals surface area contributed by atoms with Crippen LogP contribution in [-0.4, -0.2) is 5.03 Å². The number of rotatable bonds is 1. The molecule has 0 aliphatic heterocycles. The predicted octanol–water partition coefficient (Wildman–Crippen LogP) is -0.0637. The molecule has 0 aromatic heterocycles. The second kappa shape index (κ2) is 1.78. The zero-order chi connectivity index (χ0) is 4.28. The van der Waals surface area contributed by atoms with Gasteiger partial charge in [0.15, 0.2) is 0 Å². The summed E-state index contributed by atoms with van der Waals surface area (Å²) in [5, 5.41) is 7.89. The summed E-state index contributed by atoms with van der Waals surface area (Å²) in [6.45, 7) is 0. The Morgan fingerprint density at radius 2 is 2.20 bits per heavy atom. The van der Waals surface area contributed by atoms with Gasteiger partial charge in [0.25, 0.3) is 0 Å². The van der Waals surface area contributed by atoms with Crippen molar-refractivity contribution in [1.29, 1.82) is 0 Å². The molecular weight excluding hydrogens is 95.5 g/mol. The quantitative estimate of drug-likeness (QED) is 0.338. The maximum Gasteiger partial charge on any atom is 0.204 e. The summed E-state index contributed by atoms with van der Waals surface area (Å²) in [6, 6.07) is 0. The fourth-order valence-corrected chi connectivity index (χ4v) is 0. The molecule has 0 fully saturated rings. The summed E-state index contributed by atoms with van der Waals surface area (Å²) >= 11 is 4.26. The summed E-state index contributed by atoms with van der Waals surface area (Å²) in [5.74, 6) is 0. The van der Waals surface area contributed by atoms with Gasteiger partial charge in [-0.3, -0.25) is 0 Å². The Bertz CT molecular complexity index is 42.9. The molecule has 0 spiro atoms. The minimum atomic E-state index is -0.985. The minimum Gasteiger partial charge on any atom is -0.232 e. The summed E-state index contributed by atoms with van der Waals surface area (Å²) in [5.41, 5.74) is 0. The van der Waals surface area contributed by atoms with Crippen molar-refractivity contribution in [1.82, 2.24) is 4.94 Å². The topological polar surface area (TPSA) is 57.2 Å². The first kappa shape index (κ1) is 4.49. The van der Waals surface area contributed by atoms with Gasteiger partial charge in [0, 0.05) is 0 Å². The average molecular weight is 95.5 g/mol. The van der Waals surface area contributed by atoms with E-state index in [0.717, 1.165) is 0 Å². The van der Waals surface area contributed by atoms with E-state index in [9.17, 15) is 0 Å². The van der Waals surface area contributed by atoms with Crippen molar-refractivity contribution in [2.75, 3.05) is 0 Å². The van der Waals surface area contributed by atoms with Crippen LogP contribution in [0.15, 0.2) is 0 Å². The molecule has 0 aliphatic rings. The van der Waals surface area contributed by atoms with E-state index in [1.165, 1.54) is 0 Å². The van der Waals surface area contributed by atoms with Gasteiger partial charge in [-0.15, -0.1) is 0 Å². The van der Waals surface area contributed by atoms with Crippen molar-refractivity contribution in [3.8, 4) is 0 Å². The predicted molar refractivity (Wildman–Crippen MR) is 15.0 cm³/mol. The van der Waals surface area contributed by atoms with E-state index in [4.69, 9.17) is 10.1 Å². The summed E-state index contributed by atoms with van der Waals surface area (Å²) in [6.07, 6.45) is 0. The number of hydrogen-bond donors (Lipinski definition) is 0. The largest absolute Gasteiger partial charge is 0.232 e. The minimum absolute atomic E-state index is 0.985. The molecule has 0 amide bonds. The number of hydrogen-bond acceptors (Lipinski definition) is 2. The fraction of sp³-hybridized carbons (Fsp3) is 0. The van der Waals surface area contributed by atoms with Crippen LogP contribution in [0.3, 0.4) is 0 Å². The molecule has 0 N–H and O–H groups in total. The van der Waals surface area contributed by atoms with Gasteiger partial charge in [0.1, 0.15) is 16.7 Å². The van der Waals surface area contributed by atoms with Gasteiger partial charge in [-0.05, 0) is 0 Å². The molecule has 0 unspecified atom stereocenters. The van der Waals surface area contributed by atoms with E-state index in [2.05, 4.69) is 16.7 Å². The second-order valence-electron chi connectivity index (χ2n) is 0.313. The Hall–Kier alpha value is -0.510. The molecule has 0 aromatic carbocycles. The van der Waals surface area contributed by atoms with Crippen LogP contribution in [0.4, 0.5) is 0 Å². The van der Waals surface area contributed by atoms with Crippen molar-refractivity contribution < 1.29 is 5.03 Å². The Balaban J connectivity index is 2.85. The van der Waals surface area contributed by atoms with E-state index < -0.39 is 5.03 Å². The Kier molecular flexibility index (Phi) is 1.60. The maximum atomic E-state index is 8.88. The monoisotopic (exact) mass is 95.0 g/mol. The molecule has 1 radical (unpaired) electrons. The van der Waals surface area contributed by atoms with Crippen LogP contribution in [-0.2, 0) is 0 Å². The van der Waals surface area contributed by atoms with Crippen LogP contribution in [0.5, 0.6) is 0 Å². The summed E-state index contributed by atoms with van der Waals surface area (Å²) in [4.78, 5) is 11.0. The lowest BCUT2D eigenvalue weighted by molar-refractivity contribution is -0.524. The molecule has 0 heterocycles. The van der Waals surface area contributed by atoms with Crippen LogP contribution < -0.4 is 4.94 Å². The Labute approximate surface area is 33.0 Å². The molecule has 0 aliphatic carbocycles. The molecule has 0 rings (SSSR count).